The molecule has 0 aliphatic carbocycles. The number of amides is 1. The molecule has 1 saturated heterocycles. The van der Waals surface area contributed by atoms with E-state index >= 15 is 0 Å². The van der Waals surface area contributed by atoms with Crippen LogP contribution in [-0.2, 0) is 16.6 Å². The summed E-state index contributed by atoms with van der Waals surface area (Å²) in [6, 6.07) is 4.31. The van der Waals surface area contributed by atoms with E-state index < -0.39 is 22.9 Å². The van der Waals surface area contributed by atoms with Crippen molar-refractivity contribution >= 4 is 28.9 Å². The highest BCUT2D eigenvalue weighted by Crippen LogP contribution is 2.32. The first kappa shape index (κ1) is 23.2. The minimum atomic E-state index is -1.09. The summed E-state index contributed by atoms with van der Waals surface area (Å²) in [5.74, 6) is -0.862. The molecule has 3 rings (SSSR count). The highest BCUT2D eigenvalue weighted by atomic mass is 16.6. The number of aromatic nitrogens is 2. The van der Waals surface area contributed by atoms with Crippen molar-refractivity contribution < 1.29 is 19.2 Å². The lowest BCUT2D eigenvalue weighted by atomic mass is 9.99. The SMILES string of the molecule is Cc1nn(C)c(C)c1NC(=O)C(C)OC(=O)c1ccc(N2CCCC(C)C2)c([N+](=O)[O-])c1. The quantitative estimate of drug-likeness (QED) is 0.413. The summed E-state index contributed by atoms with van der Waals surface area (Å²) in [6.07, 6.45) is 0.959. The molecular formula is C22H29N5O5. The molecule has 10 nitrogen and oxygen atoms in total. The van der Waals surface area contributed by atoms with Gasteiger partial charge in [-0.2, -0.15) is 5.10 Å². The lowest BCUT2D eigenvalue weighted by molar-refractivity contribution is -0.384. The fourth-order valence-electron chi connectivity index (χ4n) is 3.93. The summed E-state index contributed by atoms with van der Waals surface area (Å²) in [5, 5.41) is 18.6. The van der Waals surface area contributed by atoms with Gasteiger partial charge in [-0.15, -0.1) is 0 Å². The van der Waals surface area contributed by atoms with Crippen LogP contribution in [0.3, 0.4) is 0 Å². The number of anilines is 2. The number of nitro benzene ring substituents is 1. The van der Waals surface area contributed by atoms with Gasteiger partial charge in [0.05, 0.1) is 27.6 Å². The van der Waals surface area contributed by atoms with Crippen molar-refractivity contribution in [2.24, 2.45) is 13.0 Å². The molecule has 2 heterocycles. The molecule has 1 aromatic heterocycles. The zero-order chi connectivity index (χ0) is 23.6. The molecule has 0 bridgehead atoms. The van der Waals surface area contributed by atoms with E-state index in [1.165, 1.54) is 19.1 Å². The van der Waals surface area contributed by atoms with E-state index in [1.807, 2.05) is 11.8 Å². The zero-order valence-electron chi connectivity index (χ0n) is 19.0. The number of carbonyl (C=O) groups is 2. The summed E-state index contributed by atoms with van der Waals surface area (Å²) < 4.78 is 6.92. The number of nitrogens with one attached hydrogen (secondary N) is 1. The van der Waals surface area contributed by atoms with Crippen LogP contribution >= 0.6 is 0 Å². The van der Waals surface area contributed by atoms with Crippen molar-refractivity contribution in [1.29, 1.82) is 0 Å². The highest BCUT2D eigenvalue weighted by Gasteiger charge is 2.27. The Bertz CT molecular complexity index is 1050. The number of rotatable bonds is 6. The van der Waals surface area contributed by atoms with Crippen molar-refractivity contribution in [2.45, 2.75) is 46.6 Å². The first-order chi connectivity index (χ1) is 15.1. The molecule has 2 aromatic rings. The number of ether oxygens (including phenoxy) is 1. The second kappa shape index (κ2) is 9.37. The number of nitrogens with zero attached hydrogens (tertiary/aromatic N) is 4. The molecule has 1 amide bonds. The van der Waals surface area contributed by atoms with E-state index in [1.54, 1.807) is 24.7 Å². The van der Waals surface area contributed by atoms with Crippen molar-refractivity contribution in [1.82, 2.24) is 9.78 Å². The average molecular weight is 444 g/mol. The fraction of sp³-hybridized carbons (Fsp3) is 0.500. The molecular weight excluding hydrogens is 414 g/mol. The Morgan fingerprint density at radius 2 is 2.06 bits per heavy atom. The van der Waals surface area contributed by atoms with Gasteiger partial charge in [0.2, 0.25) is 0 Å². The van der Waals surface area contributed by atoms with Crippen molar-refractivity contribution in [2.75, 3.05) is 23.3 Å². The molecule has 1 aromatic carbocycles. The predicted molar refractivity (Wildman–Crippen MR) is 120 cm³/mol. The predicted octanol–water partition coefficient (Wildman–Crippen LogP) is 3.37. The molecule has 1 aliphatic rings. The minimum Gasteiger partial charge on any atom is -0.449 e. The lowest BCUT2D eigenvalue weighted by Crippen LogP contribution is -2.34. The fourth-order valence-corrected chi connectivity index (χ4v) is 3.93. The summed E-state index contributed by atoms with van der Waals surface area (Å²) in [4.78, 5) is 38.3. The lowest BCUT2D eigenvalue weighted by Gasteiger charge is -2.32. The minimum absolute atomic E-state index is 0.0268. The van der Waals surface area contributed by atoms with Gasteiger partial charge in [0.25, 0.3) is 11.6 Å². The summed E-state index contributed by atoms with van der Waals surface area (Å²) in [5.41, 5.74) is 2.36. The van der Waals surface area contributed by atoms with Gasteiger partial charge in [-0.3, -0.25) is 19.6 Å². The molecule has 0 radical (unpaired) electrons. The Balaban J connectivity index is 1.73. The van der Waals surface area contributed by atoms with Gasteiger partial charge in [0.15, 0.2) is 6.10 Å². The Morgan fingerprint density at radius 1 is 1.34 bits per heavy atom. The Kier molecular flexibility index (Phi) is 6.81. The smallest absolute Gasteiger partial charge is 0.339 e. The van der Waals surface area contributed by atoms with Crippen molar-refractivity contribution in [3.8, 4) is 0 Å². The molecule has 0 saturated carbocycles. The number of benzene rings is 1. The van der Waals surface area contributed by atoms with Crippen LogP contribution in [0.1, 0.15) is 48.4 Å². The standard InChI is InChI=1S/C22H29N5O5/c1-13-7-6-10-26(12-13)18-9-8-17(11-19(18)27(30)31)22(29)32-16(4)21(28)23-20-14(2)24-25(5)15(20)3/h8-9,11,13,16H,6-7,10,12H2,1-5H3,(H,23,28). The van der Waals surface area contributed by atoms with Crippen LogP contribution < -0.4 is 10.2 Å². The third-order valence-corrected chi connectivity index (χ3v) is 5.82. The van der Waals surface area contributed by atoms with E-state index in [0.717, 1.165) is 31.6 Å². The highest BCUT2D eigenvalue weighted by molar-refractivity contribution is 5.98. The second-order valence-corrected chi connectivity index (χ2v) is 8.36. The Hall–Kier alpha value is -3.43. The van der Waals surface area contributed by atoms with Gasteiger partial charge in [0, 0.05) is 26.2 Å². The molecule has 1 fully saturated rings. The number of piperidine rings is 1. The van der Waals surface area contributed by atoms with Crippen LogP contribution in [0.2, 0.25) is 0 Å². The van der Waals surface area contributed by atoms with Gasteiger partial charge < -0.3 is 15.0 Å². The van der Waals surface area contributed by atoms with E-state index in [0.29, 0.717) is 23.0 Å². The third-order valence-electron chi connectivity index (χ3n) is 5.82. The van der Waals surface area contributed by atoms with Gasteiger partial charge in [-0.1, -0.05) is 6.92 Å². The monoisotopic (exact) mass is 443 g/mol. The van der Waals surface area contributed by atoms with Crippen molar-refractivity contribution in [3.05, 3.63) is 45.3 Å². The topological polar surface area (TPSA) is 120 Å². The summed E-state index contributed by atoms with van der Waals surface area (Å²) >= 11 is 0. The van der Waals surface area contributed by atoms with Crippen LogP contribution in [0.15, 0.2) is 18.2 Å². The van der Waals surface area contributed by atoms with Crippen LogP contribution in [0.5, 0.6) is 0 Å². The zero-order valence-corrected chi connectivity index (χ0v) is 19.0. The van der Waals surface area contributed by atoms with Crippen LogP contribution in [-0.4, -0.2) is 45.8 Å². The van der Waals surface area contributed by atoms with Crippen LogP contribution in [0.25, 0.3) is 0 Å². The molecule has 172 valence electrons. The summed E-state index contributed by atoms with van der Waals surface area (Å²) in [7, 11) is 1.77. The normalized spacial score (nSPS) is 17.0. The number of esters is 1. The molecule has 0 spiro atoms. The maximum Gasteiger partial charge on any atom is 0.339 e. The molecule has 2 unspecified atom stereocenters. The second-order valence-electron chi connectivity index (χ2n) is 8.36. The Morgan fingerprint density at radius 3 is 2.66 bits per heavy atom. The van der Waals surface area contributed by atoms with Gasteiger partial charge >= 0.3 is 5.97 Å². The van der Waals surface area contributed by atoms with E-state index in [2.05, 4.69) is 17.3 Å². The molecule has 10 heteroatoms. The largest absolute Gasteiger partial charge is 0.449 e. The Labute approximate surface area is 186 Å². The van der Waals surface area contributed by atoms with Crippen LogP contribution in [0, 0.1) is 29.9 Å². The van der Waals surface area contributed by atoms with E-state index in [-0.39, 0.29) is 11.3 Å². The maximum absolute atomic E-state index is 12.6. The molecule has 32 heavy (non-hydrogen) atoms. The number of hydrogen-bond donors (Lipinski definition) is 1. The van der Waals surface area contributed by atoms with E-state index in [4.69, 9.17) is 4.74 Å². The van der Waals surface area contributed by atoms with Gasteiger partial charge in [-0.25, -0.2) is 4.79 Å². The number of aryl methyl sites for hydroxylation is 2. The molecule has 1 N–H and O–H groups in total. The van der Waals surface area contributed by atoms with Crippen molar-refractivity contribution in [3.63, 3.8) is 0 Å². The molecule has 2 atom stereocenters. The van der Waals surface area contributed by atoms with Gasteiger partial charge in [-0.05, 0) is 51.7 Å². The third kappa shape index (κ3) is 4.90. The first-order valence-electron chi connectivity index (χ1n) is 10.6. The van der Waals surface area contributed by atoms with Gasteiger partial charge in [0.1, 0.15) is 5.69 Å². The molecule has 1 aliphatic heterocycles. The number of hydrogen-bond acceptors (Lipinski definition) is 7. The number of carbonyl (C=O) groups excluding carboxylic acids is 2. The first-order valence-corrected chi connectivity index (χ1v) is 10.6. The average Bonchev–Trinajstić information content (AvgIpc) is 2.99. The summed E-state index contributed by atoms with van der Waals surface area (Å²) in [6.45, 7) is 8.62. The number of nitro groups is 1. The van der Waals surface area contributed by atoms with E-state index in [9.17, 15) is 19.7 Å². The maximum atomic E-state index is 12.6. The van der Waals surface area contributed by atoms with Crippen LogP contribution in [0.4, 0.5) is 17.1 Å².